The second-order valence-corrected chi connectivity index (χ2v) is 4.74. The van der Waals surface area contributed by atoms with Gasteiger partial charge in [-0.25, -0.2) is 0 Å². The van der Waals surface area contributed by atoms with Gasteiger partial charge in [0.25, 0.3) is 0 Å². The first-order chi connectivity index (χ1) is 8.49. The van der Waals surface area contributed by atoms with Gasteiger partial charge in [0.2, 0.25) is 0 Å². The van der Waals surface area contributed by atoms with Gasteiger partial charge >= 0.3 is 0 Å². The molecule has 3 nitrogen and oxygen atoms in total. The molecule has 0 fully saturated rings. The Morgan fingerprint density at radius 1 is 0.889 bits per heavy atom. The van der Waals surface area contributed by atoms with Gasteiger partial charge in [-0.1, -0.05) is 0 Å². The van der Waals surface area contributed by atoms with Crippen molar-refractivity contribution in [3.63, 3.8) is 0 Å². The number of ketones is 1. The molecule has 96 valence electrons. The molecule has 2 aromatic rings. The SMILES string of the molecule is Cc1ccc(C(C)C(=O)C(C)c2ccc(C)o2)o1. The molecule has 0 saturated carbocycles. The van der Waals surface area contributed by atoms with E-state index < -0.39 is 0 Å². The number of carbonyl (C=O) groups is 1. The second kappa shape index (κ2) is 4.84. The van der Waals surface area contributed by atoms with E-state index in [2.05, 4.69) is 0 Å². The van der Waals surface area contributed by atoms with Gasteiger partial charge in [0.05, 0.1) is 11.8 Å². The first-order valence-electron chi connectivity index (χ1n) is 6.15. The van der Waals surface area contributed by atoms with Crippen molar-refractivity contribution in [3.8, 4) is 0 Å². The maximum absolute atomic E-state index is 12.3. The fourth-order valence-corrected chi connectivity index (χ4v) is 2.03. The zero-order chi connectivity index (χ0) is 13.3. The smallest absolute Gasteiger partial charge is 0.153 e. The number of hydrogen-bond acceptors (Lipinski definition) is 3. The van der Waals surface area contributed by atoms with Crippen molar-refractivity contribution in [2.45, 2.75) is 39.5 Å². The summed E-state index contributed by atoms with van der Waals surface area (Å²) in [5.74, 6) is 2.69. The standard InChI is InChI=1S/C15H18O3/c1-9-5-7-13(17-9)11(3)15(16)12(4)14-8-6-10(2)18-14/h5-8,11-12H,1-4H3. The first-order valence-corrected chi connectivity index (χ1v) is 6.15. The molecule has 0 aliphatic carbocycles. The van der Waals surface area contributed by atoms with Crippen LogP contribution in [0.3, 0.4) is 0 Å². The van der Waals surface area contributed by atoms with Crippen LogP contribution in [0, 0.1) is 13.8 Å². The van der Waals surface area contributed by atoms with E-state index in [-0.39, 0.29) is 17.6 Å². The Morgan fingerprint density at radius 2 is 1.28 bits per heavy atom. The summed E-state index contributed by atoms with van der Waals surface area (Å²) in [6.45, 7) is 7.49. The van der Waals surface area contributed by atoms with Crippen LogP contribution < -0.4 is 0 Å². The summed E-state index contributed by atoms with van der Waals surface area (Å²) in [5.41, 5.74) is 0. The quantitative estimate of drug-likeness (QED) is 0.819. The van der Waals surface area contributed by atoms with Gasteiger partial charge in [-0.15, -0.1) is 0 Å². The normalized spacial score (nSPS) is 14.4. The van der Waals surface area contributed by atoms with Crippen LogP contribution in [0.5, 0.6) is 0 Å². The summed E-state index contributed by atoms with van der Waals surface area (Å²) >= 11 is 0. The maximum atomic E-state index is 12.3. The molecule has 0 spiro atoms. The molecule has 0 saturated heterocycles. The van der Waals surface area contributed by atoms with Crippen molar-refractivity contribution in [1.29, 1.82) is 0 Å². The van der Waals surface area contributed by atoms with Crippen LogP contribution in [0.2, 0.25) is 0 Å². The maximum Gasteiger partial charge on any atom is 0.153 e. The highest BCUT2D eigenvalue weighted by atomic mass is 16.3. The Hall–Kier alpha value is -1.77. The number of furan rings is 2. The summed E-state index contributed by atoms with van der Waals surface area (Å²) in [5, 5.41) is 0. The zero-order valence-electron chi connectivity index (χ0n) is 11.2. The Kier molecular flexibility index (Phi) is 3.41. The van der Waals surface area contributed by atoms with Gasteiger partial charge in [0.15, 0.2) is 5.78 Å². The minimum atomic E-state index is -0.251. The van der Waals surface area contributed by atoms with Crippen LogP contribution >= 0.6 is 0 Å². The Morgan fingerprint density at radius 3 is 1.56 bits per heavy atom. The van der Waals surface area contributed by atoms with Crippen LogP contribution in [-0.2, 0) is 4.79 Å². The Labute approximate surface area is 107 Å². The minimum Gasteiger partial charge on any atom is -0.466 e. The number of Topliss-reactive ketones (excluding diaryl/α,β-unsaturated/α-hetero) is 1. The zero-order valence-corrected chi connectivity index (χ0v) is 11.2. The molecule has 2 rings (SSSR count). The average molecular weight is 246 g/mol. The molecule has 2 unspecified atom stereocenters. The van der Waals surface area contributed by atoms with Crippen LogP contribution in [0.15, 0.2) is 33.1 Å². The summed E-state index contributed by atoms with van der Waals surface area (Å²) in [6, 6.07) is 7.47. The van der Waals surface area contributed by atoms with Gasteiger partial charge in [-0.2, -0.15) is 0 Å². The molecule has 2 aromatic heterocycles. The molecule has 0 amide bonds. The van der Waals surface area contributed by atoms with Gasteiger partial charge in [-0.3, -0.25) is 4.79 Å². The lowest BCUT2D eigenvalue weighted by Gasteiger charge is -2.12. The average Bonchev–Trinajstić information content (AvgIpc) is 2.95. The second-order valence-electron chi connectivity index (χ2n) is 4.74. The fraction of sp³-hybridized carbons (Fsp3) is 0.400. The van der Waals surface area contributed by atoms with Gasteiger partial charge < -0.3 is 8.83 Å². The third kappa shape index (κ3) is 2.40. The minimum absolute atomic E-state index is 0.110. The Balaban J connectivity index is 2.16. The molecular weight excluding hydrogens is 228 g/mol. The van der Waals surface area contributed by atoms with Gasteiger partial charge in [-0.05, 0) is 52.0 Å². The van der Waals surface area contributed by atoms with Crippen molar-refractivity contribution in [2.75, 3.05) is 0 Å². The van der Waals surface area contributed by atoms with Crippen molar-refractivity contribution in [3.05, 3.63) is 47.3 Å². The molecule has 2 atom stereocenters. The number of aryl methyl sites for hydroxylation is 2. The summed E-state index contributed by atoms with van der Waals surface area (Å²) in [6.07, 6.45) is 0. The first kappa shape index (κ1) is 12.7. The highest BCUT2D eigenvalue weighted by Crippen LogP contribution is 2.28. The topological polar surface area (TPSA) is 43.4 Å². The van der Waals surface area contributed by atoms with E-state index in [9.17, 15) is 4.79 Å². The third-order valence-corrected chi connectivity index (χ3v) is 3.23. The molecular formula is C15H18O3. The van der Waals surface area contributed by atoms with E-state index in [0.717, 1.165) is 11.5 Å². The van der Waals surface area contributed by atoms with E-state index in [1.807, 2.05) is 52.0 Å². The molecule has 0 aliphatic heterocycles. The fourth-order valence-electron chi connectivity index (χ4n) is 2.03. The molecule has 2 heterocycles. The molecule has 0 aromatic carbocycles. The molecule has 18 heavy (non-hydrogen) atoms. The van der Waals surface area contributed by atoms with Gasteiger partial charge in [0, 0.05) is 0 Å². The highest BCUT2D eigenvalue weighted by molar-refractivity contribution is 5.90. The van der Waals surface area contributed by atoms with Crippen molar-refractivity contribution in [1.82, 2.24) is 0 Å². The molecule has 3 heteroatoms. The lowest BCUT2D eigenvalue weighted by Crippen LogP contribution is -2.15. The summed E-state index contributed by atoms with van der Waals surface area (Å²) < 4.78 is 11.0. The number of hydrogen-bond donors (Lipinski definition) is 0. The third-order valence-electron chi connectivity index (χ3n) is 3.23. The number of rotatable bonds is 4. The van der Waals surface area contributed by atoms with E-state index in [1.165, 1.54) is 0 Å². The van der Waals surface area contributed by atoms with Crippen LogP contribution in [0.1, 0.15) is 48.7 Å². The van der Waals surface area contributed by atoms with Crippen LogP contribution in [0.4, 0.5) is 0 Å². The van der Waals surface area contributed by atoms with Crippen LogP contribution in [0.25, 0.3) is 0 Å². The summed E-state index contributed by atoms with van der Waals surface area (Å²) in [4.78, 5) is 12.3. The summed E-state index contributed by atoms with van der Waals surface area (Å²) in [7, 11) is 0. The number of carbonyl (C=O) groups excluding carboxylic acids is 1. The largest absolute Gasteiger partial charge is 0.466 e. The van der Waals surface area contributed by atoms with E-state index in [4.69, 9.17) is 8.83 Å². The van der Waals surface area contributed by atoms with Gasteiger partial charge in [0.1, 0.15) is 23.0 Å². The molecule has 0 radical (unpaired) electrons. The molecule has 0 aliphatic rings. The van der Waals surface area contributed by atoms with E-state index >= 15 is 0 Å². The predicted octanol–water partition coefficient (Wildman–Crippen LogP) is 3.97. The monoisotopic (exact) mass is 246 g/mol. The lowest BCUT2D eigenvalue weighted by atomic mass is 9.92. The highest BCUT2D eigenvalue weighted by Gasteiger charge is 2.26. The van der Waals surface area contributed by atoms with E-state index in [1.54, 1.807) is 0 Å². The lowest BCUT2D eigenvalue weighted by molar-refractivity contribution is -0.121. The van der Waals surface area contributed by atoms with Crippen molar-refractivity contribution in [2.24, 2.45) is 0 Å². The van der Waals surface area contributed by atoms with E-state index in [0.29, 0.717) is 11.5 Å². The molecule has 0 bridgehead atoms. The Bertz CT molecular complexity index is 499. The van der Waals surface area contributed by atoms with Crippen LogP contribution in [-0.4, -0.2) is 5.78 Å². The molecule has 0 N–H and O–H groups in total. The van der Waals surface area contributed by atoms with Crippen molar-refractivity contribution < 1.29 is 13.6 Å². The predicted molar refractivity (Wildman–Crippen MR) is 68.7 cm³/mol. The van der Waals surface area contributed by atoms with Crippen molar-refractivity contribution >= 4 is 5.78 Å².